The largest absolute Gasteiger partial charge is 0.480 e. The molecular weight excluding hydrogens is 214 g/mol. The van der Waals surface area contributed by atoms with Crippen LogP contribution in [0.15, 0.2) is 0 Å². The van der Waals surface area contributed by atoms with Crippen LogP contribution >= 0.6 is 0 Å². The van der Waals surface area contributed by atoms with Crippen molar-refractivity contribution in [2.45, 2.75) is 12.5 Å². The number of terminal acetylenes is 1. The molecule has 0 saturated carbocycles. The lowest BCUT2D eigenvalue weighted by molar-refractivity contribution is -0.142. The van der Waals surface area contributed by atoms with Gasteiger partial charge in [-0.25, -0.2) is 4.79 Å². The molecule has 0 saturated heterocycles. The molecule has 1 amide bonds. The Morgan fingerprint density at radius 1 is 1.50 bits per heavy atom. The zero-order chi connectivity index (χ0) is 12.4. The molecule has 6 heteroatoms. The Hall–Kier alpha value is -1.58. The number of ether oxygens (including phenoxy) is 2. The van der Waals surface area contributed by atoms with Gasteiger partial charge in [-0.3, -0.25) is 4.79 Å². The fourth-order valence-electron chi connectivity index (χ4n) is 0.861. The van der Waals surface area contributed by atoms with Crippen LogP contribution < -0.4 is 5.32 Å². The van der Waals surface area contributed by atoms with Crippen molar-refractivity contribution >= 4 is 11.9 Å². The molecule has 6 nitrogen and oxygen atoms in total. The number of carboxylic acid groups (broad SMARTS) is 1. The van der Waals surface area contributed by atoms with Crippen molar-refractivity contribution < 1.29 is 24.2 Å². The molecule has 0 aromatic rings. The normalized spacial score (nSPS) is 11.5. The fourth-order valence-corrected chi connectivity index (χ4v) is 0.861. The smallest absolute Gasteiger partial charge is 0.327 e. The maximum absolute atomic E-state index is 11.2. The van der Waals surface area contributed by atoms with E-state index in [1.54, 1.807) is 0 Å². The highest BCUT2D eigenvalue weighted by molar-refractivity contribution is 5.84. The van der Waals surface area contributed by atoms with E-state index >= 15 is 0 Å². The molecule has 0 heterocycles. The molecular formula is C10H15NO5. The number of methoxy groups -OCH3 is 1. The first-order valence-electron chi connectivity index (χ1n) is 4.64. The van der Waals surface area contributed by atoms with Gasteiger partial charge in [-0.15, -0.1) is 12.3 Å². The summed E-state index contributed by atoms with van der Waals surface area (Å²) in [5, 5.41) is 10.9. The van der Waals surface area contributed by atoms with Gasteiger partial charge >= 0.3 is 5.97 Å². The van der Waals surface area contributed by atoms with Crippen LogP contribution in [0.5, 0.6) is 0 Å². The molecule has 0 aliphatic heterocycles. The Balaban J connectivity index is 3.83. The van der Waals surface area contributed by atoms with Gasteiger partial charge in [0, 0.05) is 13.5 Å². The standard InChI is InChI=1S/C10H15NO5/c1-3-4-8(10(13)14)11-9(12)7-16-6-5-15-2/h1,8H,4-7H2,2H3,(H,11,12)(H,13,14). The van der Waals surface area contributed by atoms with Crippen molar-refractivity contribution in [3.8, 4) is 12.3 Å². The molecule has 0 radical (unpaired) electrons. The van der Waals surface area contributed by atoms with E-state index in [4.69, 9.17) is 21.0 Å². The molecule has 0 aliphatic carbocycles. The Bertz CT molecular complexity index is 271. The van der Waals surface area contributed by atoms with Gasteiger partial charge in [0.05, 0.1) is 13.2 Å². The quantitative estimate of drug-likeness (QED) is 0.422. The molecule has 0 bridgehead atoms. The zero-order valence-electron chi connectivity index (χ0n) is 9.06. The lowest BCUT2D eigenvalue weighted by Crippen LogP contribution is -2.42. The molecule has 16 heavy (non-hydrogen) atoms. The molecule has 2 N–H and O–H groups in total. The maximum Gasteiger partial charge on any atom is 0.327 e. The predicted molar refractivity (Wildman–Crippen MR) is 55.7 cm³/mol. The second-order valence-electron chi connectivity index (χ2n) is 2.91. The first kappa shape index (κ1) is 14.4. The molecule has 0 spiro atoms. The van der Waals surface area contributed by atoms with Gasteiger partial charge in [0.15, 0.2) is 0 Å². The van der Waals surface area contributed by atoms with Crippen LogP contribution in [-0.4, -0.2) is 50.0 Å². The molecule has 1 atom stereocenters. The van der Waals surface area contributed by atoms with E-state index in [1.807, 2.05) is 0 Å². The van der Waals surface area contributed by atoms with Crippen molar-refractivity contribution in [1.29, 1.82) is 0 Å². The van der Waals surface area contributed by atoms with E-state index in [2.05, 4.69) is 11.2 Å². The summed E-state index contributed by atoms with van der Waals surface area (Å²) in [6, 6.07) is -1.07. The monoisotopic (exact) mass is 229 g/mol. The van der Waals surface area contributed by atoms with E-state index in [1.165, 1.54) is 7.11 Å². The number of carbonyl (C=O) groups is 2. The van der Waals surface area contributed by atoms with Gasteiger partial charge in [0.1, 0.15) is 12.6 Å². The van der Waals surface area contributed by atoms with Gasteiger partial charge in [-0.2, -0.15) is 0 Å². The van der Waals surface area contributed by atoms with Crippen LogP contribution in [0.25, 0.3) is 0 Å². The van der Waals surface area contributed by atoms with E-state index in [0.717, 1.165) is 0 Å². The van der Waals surface area contributed by atoms with Crippen LogP contribution in [0, 0.1) is 12.3 Å². The average molecular weight is 229 g/mol. The number of carbonyl (C=O) groups excluding carboxylic acids is 1. The third kappa shape index (κ3) is 6.81. The lowest BCUT2D eigenvalue weighted by Gasteiger charge is -2.11. The number of aliphatic carboxylic acids is 1. The minimum absolute atomic E-state index is 0.0564. The number of carboxylic acids is 1. The average Bonchev–Trinajstić information content (AvgIpc) is 2.23. The van der Waals surface area contributed by atoms with Crippen molar-refractivity contribution in [3.63, 3.8) is 0 Å². The molecule has 0 rings (SSSR count). The molecule has 0 aromatic carbocycles. The number of hydrogen-bond donors (Lipinski definition) is 2. The summed E-state index contributed by atoms with van der Waals surface area (Å²) in [7, 11) is 1.51. The van der Waals surface area contributed by atoms with Crippen molar-refractivity contribution in [1.82, 2.24) is 5.32 Å². The Morgan fingerprint density at radius 2 is 2.19 bits per heavy atom. The van der Waals surface area contributed by atoms with Gasteiger partial charge in [0.2, 0.25) is 5.91 Å². The summed E-state index contributed by atoms with van der Waals surface area (Å²) in [6.07, 6.45) is 4.91. The number of rotatable bonds is 8. The molecule has 90 valence electrons. The highest BCUT2D eigenvalue weighted by Crippen LogP contribution is 1.91. The van der Waals surface area contributed by atoms with Crippen LogP contribution in [0.4, 0.5) is 0 Å². The molecule has 1 unspecified atom stereocenters. The highest BCUT2D eigenvalue weighted by atomic mass is 16.5. The van der Waals surface area contributed by atoms with Crippen molar-refractivity contribution in [2.24, 2.45) is 0 Å². The summed E-state index contributed by atoms with van der Waals surface area (Å²) in [5.74, 6) is 0.496. The second-order valence-corrected chi connectivity index (χ2v) is 2.91. The first-order chi connectivity index (χ1) is 7.61. The topological polar surface area (TPSA) is 84.9 Å². The van der Waals surface area contributed by atoms with Crippen LogP contribution in [0.1, 0.15) is 6.42 Å². The maximum atomic E-state index is 11.2. The van der Waals surface area contributed by atoms with Gasteiger partial charge < -0.3 is 19.9 Å². The highest BCUT2D eigenvalue weighted by Gasteiger charge is 2.18. The summed E-state index contributed by atoms with van der Waals surface area (Å²) in [6.45, 7) is 0.439. The molecule has 0 aromatic heterocycles. The number of hydrogen-bond acceptors (Lipinski definition) is 4. The van der Waals surface area contributed by atoms with E-state index in [0.29, 0.717) is 6.61 Å². The van der Waals surface area contributed by atoms with E-state index in [9.17, 15) is 9.59 Å². The number of nitrogens with one attached hydrogen (secondary N) is 1. The SMILES string of the molecule is C#CCC(NC(=O)COCCOC)C(=O)O. The minimum atomic E-state index is -1.16. The van der Waals surface area contributed by atoms with Gasteiger partial charge in [-0.1, -0.05) is 0 Å². The first-order valence-corrected chi connectivity index (χ1v) is 4.64. The van der Waals surface area contributed by atoms with Crippen molar-refractivity contribution in [2.75, 3.05) is 26.9 Å². The van der Waals surface area contributed by atoms with Gasteiger partial charge in [-0.05, 0) is 0 Å². The Kier molecular flexibility index (Phi) is 7.85. The molecule has 0 fully saturated rings. The summed E-state index contributed by atoms with van der Waals surface area (Å²) in [4.78, 5) is 21.8. The Labute approximate surface area is 93.9 Å². The van der Waals surface area contributed by atoms with E-state index in [-0.39, 0.29) is 19.6 Å². The fraction of sp³-hybridized carbons (Fsp3) is 0.600. The minimum Gasteiger partial charge on any atom is -0.480 e. The van der Waals surface area contributed by atoms with Crippen LogP contribution in [0.3, 0.4) is 0 Å². The predicted octanol–water partition coefficient (Wildman–Crippen LogP) is -0.758. The summed E-state index contributed by atoms with van der Waals surface area (Å²) < 4.78 is 9.62. The summed E-state index contributed by atoms with van der Waals surface area (Å²) >= 11 is 0. The van der Waals surface area contributed by atoms with Crippen LogP contribution in [-0.2, 0) is 19.1 Å². The lowest BCUT2D eigenvalue weighted by atomic mass is 10.2. The zero-order valence-corrected chi connectivity index (χ0v) is 9.06. The van der Waals surface area contributed by atoms with E-state index < -0.39 is 17.9 Å². The Morgan fingerprint density at radius 3 is 2.69 bits per heavy atom. The third-order valence-electron chi connectivity index (χ3n) is 1.62. The van der Waals surface area contributed by atoms with Crippen LogP contribution in [0.2, 0.25) is 0 Å². The summed E-state index contributed by atoms with van der Waals surface area (Å²) in [5.41, 5.74) is 0. The van der Waals surface area contributed by atoms with Crippen molar-refractivity contribution in [3.05, 3.63) is 0 Å². The second kappa shape index (κ2) is 8.71. The molecule has 0 aliphatic rings. The number of amides is 1. The van der Waals surface area contributed by atoms with Gasteiger partial charge in [0.25, 0.3) is 0 Å². The third-order valence-corrected chi connectivity index (χ3v) is 1.62.